The van der Waals surface area contributed by atoms with Gasteiger partial charge in [-0.25, -0.2) is 19.3 Å². The number of hydrogen-bond acceptors (Lipinski definition) is 6. The van der Waals surface area contributed by atoms with E-state index >= 15 is 0 Å². The summed E-state index contributed by atoms with van der Waals surface area (Å²) in [6, 6.07) is 14.7. The van der Waals surface area contributed by atoms with Gasteiger partial charge < -0.3 is 9.64 Å². The quantitative estimate of drug-likeness (QED) is 0.318. The lowest BCUT2D eigenvalue weighted by atomic mass is 9.98. The maximum Gasteiger partial charge on any atom is 0.252 e. The third kappa shape index (κ3) is 4.74. The second-order valence-electron chi connectivity index (χ2n) is 9.82. The van der Waals surface area contributed by atoms with E-state index in [9.17, 15) is 4.79 Å². The topological polar surface area (TPSA) is 81.9 Å². The molecular weight excluding hydrogens is 478 g/mol. The Bertz CT molecular complexity index is 1710. The number of fused-ring (bicyclic) bond motifs is 3. The van der Waals surface area contributed by atoms with Crippen LogP contribution in [-0.2, 0) is 6.54 Å². The molecule has 9 nitrogen and oxygen atoms in total. The van der Waals surface area contributed by atoms with Crippen LogP contribution in [0.5, 0.6) is 5.75 Å². The van der Waals surface area contributed by atoms with Gasteiger partial charge in [-0.2, -0.15) is 0 Å². The fraction of sp³-hybridized carbons (Fsp3) is 0.276. The molecule has 0 aliphatic carbocycles. The van der Waals surface area contributed by atoms with Gasteiger partial charge >= 0.3 is 0 Å². The summed E-state index contributed by atoms with van der Waals surface area (Å²) in [4.78, 5) is 27.8. The van der Waals surface area contributed by atoms with E-state index in [1.807, 2.05) is 24.3 Å². The van der Waals surface area contributed by atoms with Gasteiger partial charge in [-0.1, -0.05) is 18.2 Å². The minimum atomic E-state index is -0.140. The molecular formula is C29H27N7O2. The molecule has 1 aliphatic rings. The third-order valence-electron chi connectivity index (χ3n) is 7.16. The number of pyridine rings is 2. The van der Waals surface area contributed by atoms with Crippen molar-refractivity contribution in [2.45, 2.75) is 19.4 Å². The summed E-state index contributed by atoms with van der Waals surface area (Å²) in [6.07, 6.45) is 7.50. The Kier molecular flexibility index (Phi) is 6.32. The average Bonchev–Trinajstić information content (AvgIpc) is 3.33. The van der Waals surface area contributed by atoms with Crippen molar-refractivity contribution in [3.05, 3.63) is 94.5 Å². The smallest absolute Gasteiger partial charge is 0.252 e. The highest BCUT2D eigenvalue weighted by atomic mass is 16.5. The molecule has 1 saturated heterocycles. The predicted molar refractivity (Wildman–Crippen MR) is 146 cm³/mol. The van der Waals surface area contributed by atoms with Crippen LogP contribution in [0.15, 0.2) is 71.9 Å². The van der Waals surface area contributed by atoms with E-state index in [2.05, 4.69) is 31.9 Å². The average molecular weight is 506 g/mol. The number of aromatic nitrogens is 5. The molecule has 1 aliphatic heterocycles. The zero-order chi connectivity index (χ0) is 26.1. The van der Waals surface area contributed by atoms with Crippen LogP contribution in [0.2, 0.25) is 0 Å². The second-order valence-corrected chi connectivity index (χ2v) is 9.82. The number of likely N-dealkylation sites (tertiary alicyclic amines) is 1. The molecule has 0 radical (unpaired) electrons. The van der Waals surface area contributed by atoms with Crippen LogP contribution >= 0.6 is 0 Å². The summed E-state index contributed by atoms with van der Waals surface area (Å²) >= 11 is 0. The van der Waals surface area contributed by atoms with Gasteiger partial charge in [-0.3, -0.25) is 9.36 Å². The first-order valence-electron chi connectivity index (χ1n) is 12.7. The number of piperidine rings is 1. The van der Waals surface area contributed by atoms with E-state index in [0.29, 0.717) is 42.0 Å². The van der Waals surface area contributed by atoms with Crippen LogP contribution in [0, 0.1) is 12.5 Å². The maximum atomic E-state index is 12.8. The SMILES string of the molecule is [C-]#[N+]c1ccn2nc3c(ccc(=O)n3Cc3cccc(-c4ncc(OCC5CCN(C)CC5)cn4)c3)c2c1. The fourth-order valence-corrected chi connectivity index (χ4v) is 4.94. The molecule has 0 spiro atoms. The summed E-state index contributed by atoms with van der Waals surface area (Å²) in [6.45, 7) is 10.6. The summed E-state index contributed by atoms with van der Waals surface area (Å²) in [5, 5.41) is 5.45. The Hall–Kier alpha value is -4.55. The van der Waals surface area contributed by atoms with Crippen LogP contribution in [0.3, 0.4) is 0 Å². The van der Waals surface area contributed by atoms with E-state index in [0.717, 1.165) is 48.0 Å². The highest BCUT2D eigenvalue weighted by Gasteiger charge is 2.17. The fourth-order valence-electron chi connectivity index (χ4n) is 4.94. The largest absolute Gasteiger partial charge is 0.490 e. The summed E-state index contributed by atoms with van der Waals surface area (Å²) in [5.74, 6) is 1.84. The van der Waals surface area contributed by atoms with Crippen molar-refractivity contribution in [1.82, 2.24) is 29.0 Å². The zero-order valence-electron chi connectivity index (χ0n) is 21.1. The van der Waals surface area contributed by atoms with Crippen LogP contribution in [-0.4, -0.2) is 55.8 Å². The molecule has 1 fully saturated rings. The normalized spacial score (nSPS) is 14.6. The van der Waals surface area contributed by atoms with Gasteiger partial charge in [0.1, 0.15) is 0 Å². The number of ether oxygens (including phenoxy) is 1. The van der Waals surface area contributed by atoms with E-state index < -0.39 is 0 Å². The van der Waals surface area contributed by atoms with Crippen LogP contribution in [0.25, 0.3) is 32.8 Å². The lowest BCUT2D eigenvalue weighted by molar-refractivity contribution is 0.159. The summed E-state index contributed by atoms with van der Waals surface area (Å²) < 4.78 is 9.32. The molecule has 0 amide bonds. The molecule has 38 heavy (non-hydrogen) atoms. The lowest BCUT2D eigenvalue weighted by Crippen LogP contribution is -2.32. The molecule has 0 saturated carbocycles. The first-order valence-corrected chi connectivity index (χ1v) is 12.7. The number of hydrogen-bond donors (Lipinski definition) is 0. The van der Waals surface area contributed by atoms with Gasteiger partial charge in [0.15, 0.2) is 22.9 Å². The maximum absolute atomic E-state index is 12.8. The van der Waals surface area contributed by atoms with Crippen molar-refractivity contribution in [1.29, 1.82) is 0 Å². The van der Waals surface area contributed by atoms with E-state index in [-0.39, 0.29) is 5.56 Å². The molecule has 4 aromatic heterocycles. The predicted octanol–water partition coefficient (Wildman–Crippen LogP) is 4.43. The van der Waals surface area contributed by atoms with Crippen molar-refractivity contribution >= 4 is 22.2 Å². The first kappa shape index (κ1) is 23.8. The van der Waals surface area contributed by atoms with Gasteiger partial charge in [0.2, 0.25) is 0 Å². The Morgan fingerprint density at radius 1 is 1.08 bits per heavy atom. The lowest BCUT2D eigenvalue weighted by Gasteiger charge is -2.28. The molecule has 6 rings (SSSR count). The van der Waals surface area contributed by atoms with Crippen LogP contribution in [0.1, 0.15) is 18.4 Å². The van der Waals surface area contributed by atoms with Crippen LogP contribution in [0.4, 0.5) is 5.69 Å². The molecule has 0 atom stereocenters. The van der Waals surface area contributed by atoms with Crippen molar-refractivity contribution in [3.8, 4) is 17.1 Å². The molecule has 1 aromatic carbocycles. The molecule has 5 aromatic rings. The minimum absolute atomic E-state index is 0.140. The number of nitrogens with zero attached hydrogens (tertiary/aromatic N) is 7. The standard InChI is InChI=1S/C29H27N7O2/c1-30-23-10-13-36-26(15-23)25-6-7-27(37)35(29(25)33-36)18-21-4-3-5-22(14-21)28-31-16-24(17-32-28)38-19-20-8-11-34(2)12-9-20/h3-7,10,13-17,20H,8-9,11-12,18-19H2,2H3. The van der Waals surface area contributed by atoms with Gasteiger partial charge in [-0.15, -0.1) is 5.10 Å². The summed E-state index contributed by atoms with van der Waals surface area (Å²) in [5.41, 5.74) is 3.56. The minimum Gasteiger partial charge on any atom is -0.490 e. The van der Waals surface area contributed by atoms with Gasteiger partial charge in [0.25, 0.3) is 5.56 Å². The molecule has 0 N–H and O–H groups in total. The second kappa shape index (κ2) is 10.1. The van der Waals surface area contributed by atoms with E-state index in [1.165, 1.54) is 0 Å². The Balaban J connectivity index is 1.22. The monoisotopic (exact) mass is 505 g/mol. The van der Waals surface area contributed by atoms with Crippen LogP contribution < -0.4 is 10.3 Å². The van der Waals surface area contributed by atoms with Gasteiger partial charge in [0.05, 0.1) is 37.6 Å². The van der Waals surface area contributed by atoms with Gasteiger partial charge in [-0.05, 0) is 68.7 Å². The van der Waals surface area contributed by atoms with Crippen molar-refractivity contribution in [2.75, 3.05) is 26.7 Å². The third-order valence-corrected chi connectivity index (χ3v) is 7.16. The Morgan fingerprint density at radius 2 is 1.89 bits per heavy atom. The van der Waals surface area contributed by atoms with Gasteiger partial charge in [0, 0.05) is 23.2 Å². The molecule has 9 heteroatoms. The number of rotatable bonds is 6. The van der Waals surface area contributed by atoms with E-state index in [4.69, 9.17) is 11.3 Å². The summed E-state index contributed by atoms with van der Waals surface area (Å²) in [7, 11) is 2.16. The molecule has 5 heterocycles. The molecule has 0 unspecified atom stereocenters. The first-order chi connectivity index (χ1) is 18.6. The highest BCUT2D eigenvalue weighted by Crippen LogP contribution is 2.24. The van der Waals surface area contributed by atoms with Crippen molar-refractivity contribution < 1.29 is 4.74 Å². The molecule has 190 valence electrons. The van der Waals surface area contributed by atoms with Crippen molar-refractivity contribution in [2.24, 2.45) is 5.92 Å². The van der Waals surface area contributed by atoms with E-state index in [1.54, 1.807) is 51.9 Å². The zero-order valence-corrected chi connectivity index (χ0v) is 21.1. The Morgan fingerprint density at radius 3 is 2.68 bits per heavy atom. The highest BCUT2D eigenvalue weighted by molar-refractivity contribution is 5.93. The molecule has 0 bridgehead atoms. The van der Waals surface area contributed by atoms with Crippen molar-refractivity contribution in [3.63, 3.8) is 0 Å². The Labute approximate surface area is 219 Å². The number of benzene rings is 1.